The molecule has 1 heterocycles. The van der Waals surface area contributed by atoms with Crippen molar-refractivity contribution >= 4 is 5.82 Å². The van der Waals surface area contributed by atoms with Gasteiger partial charge < -0.3 is 10.1 Å². The number of ether oxygens (including phenoxy) is 1. The third kappa shape index (κ3) is 4.34. The van der Waals surface area contributed by atoms with Crippen LogP contribution < -0.4 is 10.1 Å². The number of rotatable bonds is 5. The predicted octanol–water partition coefficient (Wildman–Crippen LogP) is 3.51. The molecule has 0 spiro atoms. The van der Waals surface area contributed by atoms with Crippen molar-refractivity contribution in [2.45, 2.75) is 19.6 Å². The second-order valence-corrected chi connectivity index (χ2v) is 4.24. The first-order chi connectivity index (χ1) is 9.99. The van der Waals surface area contributed by atoms with Crippen molar-refractivity contribution in [1.29, 1.82) is 0 Å². The zero-order valence-electron chi connectivity index (χ0n) is 11.3. The highest BCUT2D eigenvalue weighted by molar-refractivity contribution is 5.36. The van der Waals surface area contributed by atoms with Gasteiger partial charge in [0.2, 0.25) is 0 Å². The Hall–Kier alpha value is -2.31. The molecule has 1 aromatic carbocycles. The molecule has 7 heteroatoms. The Labute approximate surface area is 120 Å². The molecule has 0 aliphatic rings. The SMILES string of the molecule is CCOc1cccc(CNc2ccc(C(F)(F)F)nn2)c1. The molecule has 21 heavy (non-hydrogen) atoms. The Morgan fingerprint density at radius 2 is 1.95 bits per heavy atom. The molecule has 0 aliphatic carbocycles. The Morgan fingerprint density at radius 1 is 1.14 bits per heavy atom. The monoisotopic (exact) mass is 297 g/mol. The van der Waals surface area contributed by atoms with Gasteiger partial charge in [-0.05, 0) is 36.8 Å². The lowest BCUT2D eigenvalue weighted by Gasteiger charge is -2.09. The lowest BCUT2D eigenvalue weighted by molar-refractivity contribution is -0.141. The first-order valence-electron chi connectivity index (χ1n) is 6.35. The van der Waals surface area contributed by atoms with Gasteiger partial charge in [0.15, 0.2) is 5.69 Å². The van der Waals surface area contributed by atoms with Gasteiger partial charge in [0, 0.05) is 6.54 Å². The minimum atomic E-state index is -4.47. The smallest absolute Gasteiger partial charge is 0.435 e. The normalized spacial score (nSPS) is 11.2. The standard InChI is InChI=1S/C14H14F3N3O/c1-2-21-11-5-3-4-10(8-11)9-18-13-7-6-12(19-20-13)14(15,16)17/h3-8H,2,9H2,1H3,(H,18,20). The van der Waals surface area contributed by atoms with Gasteiger partial charge in [-0.3, -0.25) is 0 Å². The number of nitrogens with one attached hydrogen (secondary N) is 1. The summed E-state index contributed by atoms with van der Waals surface area (Å²) in [6, 6.07) is 9.57. The van der Waals surface area contributed by atoms with E-state index in [2.05, 4.69) is 15.5 Å². The predicted molar refractivity (Wildman–Crippen MR) is 72.0 cm³/mol. The van der Waals surface area contributed by atoms with Gasteiger partial charge in [-0.25, -0.2) is 0 Å². The van der Waals surface area contributed by atoms with Crippen molar-refractivity contribution in [3.8, 4) is 5.75 Å². The highest BCUT2D eigenvalue weighted by Crippen LogP contribution is 2.27. The van der Waals surface area contributed by atoms with E-state index in [0.29, 0.717) is 13.2 Å². The maximum absolute atomic E-state index is 12.4. The lowest BCUT2D eigenvalue weighted by atomic mass is 10.2. The maximum atomic E-state index is 12.4. The molecule has 0 radical (unpaired) electrons. The Kier molecular flexibility index (Phi) is 4.62. The van der Waals surface area contributed by atoms with E-state index >= 15 is 0 Å². The van der Waals surface area contributed by atoms with E-state index < -0.39 is 11.9 Å². The van der Waals surface area contributed by atoms with Crippen LogP contribution in [-0.4, -0.2) is 16.8 Å². The minimum Gasteiger partial charge on any atom is -0.494 e. The molecular formula is C14H14F3N3O. The fourth-order valence-electron chi connectivity index (χ4n) is 1.68. The van der Waals surface area contributed by atoms with Gasteiger partial charge in [-0.15, -0.1) is 10.2 Å². The number of nitrogens with zero attached hydrogens (tertiary/aromatic N) is 2. The second kappa shape index (κ2) is 6.43. The van der Waals surface area contributed by atoms with Gasteiger partial charge in [0.25, 0.3) is 0 Å². The molecule has 0 aliphatic heterocycles. The fourth-order valence-corrected chi connectivity index (χ4v) is 1.68. The molecule has 0 fully saturated rings. The topological polar surface area (TPSA) is 47.0 Å². The van der Waals surface area contributed by atoms with Crippen LogP contribution >= 0.6 is 0 Å². The van der Waals surface area contributed by atoms with Crippen molar-refractivity contribution in [2.24, 2.45) is 0 Å². The fraction of sp³-hybridized carbons (Fsp3) is 0.286. The molecule has 2 rings (SSSR count). The van der Waals surface area contributed by atoms with Crippen LogP contribution in [0.2, 0.25) is 0 Å². The number of benzene rings is 1. The number of alkyl halides is 3. The van der Waals surface area contributed by atoms with E-state index in [0.717, 1.165) is 17.4 Å². The van der Waals surface area contributed by atoms with E-state index in [1.165, 1.54) is 6.07 Å². The summed E-state index contributed by atoms with van der Waals surface area (Å²) in [5.41, 5.74) is -0.0750. The van der Waals surface area contributed by atoms with Crippen LogP contribution in [0.25, 0.3) is 0 Å². The molecule has 0 unspecified atom stereocenters. The Bertz CT molecular complexity index is 585. The molecule has 0 amide bonds. The second-order valence-electron chi connectivity index (χ2n) is 4.24. The summed E-state index contributed by atoms with van der Waals surface area (Å²) in [7, 11) is 0. The van der Waals surface area contributed by atoms with Gasteiger partial charge in [-0.2, -0.15) is 13.2 Å². The average Bonchev–Trinajstić information content (AvgIpc) is 2.45. The molecule has 2 aromatic rings. The van der Waals surface area contributed by atoms with E-state index in [1.807, 2.05) is 31.2 Å². The highest BCUT2D eigenvalue weighted by Gasteiger charge is 2.32. The summed E-state index contributed by atoms with van der Waals surface area (Å²) in [4.78, 5) is 0. The maximum Gasteiger partial charge on any atom is 0.435 e. The van der Waals surface area contributed by atoms with E-state index in [9.17, 15) is 13.2 Å². The highest BCUT2D eigenvalue weighted by atomic mass is 19.4. The van der Waals surface area contributed by atoms with Crippen molar-refractivity contribution in [1.82, 2.24) is 10.2 Å². The summed E-state index contributed by atoms with van der Waals surface area (Å²) < 4.78 is 42.4. The van der Waals surface area contributed by atoms with Gasteiger partial charge in [0.05, 0.1) is 6.61 Å². The van der Waals surface area contributed by atoms with E-state index in [4.69, 9.17) is 4.74 Å². The van der Waals surface area contributed by atoms with Gasteiger partial charge >= 0.3 is 6.18 Å². The summed E-state index contributed by atoms with van der Waals surface area (Å²) in [5.74, 6) is 1.03. The molecule has 112 valence electrons. The molecular weight excluding hydrogens is 283 g/mol. The number of hydrogen-bond acceptors (Lipinski definition) is 4. The lowest BCUT2D eigenvalue weighted by Crippen LogP contribution is -2.10. The van der Waals surface area contributed by atoms with Crippen molar-refractivity contribution in [3.63, 3.8) is 0 Å². The zero-order valence-corrected chi connectivity index (χ0v) is 11.3. The van der Waals surface area contributed by atoms with Crippen LogP contribution in [0.3, 0.4) is 0 Å². The number of halogens is 3. The molecule has 1 N–H and O–H groups in total. The first-order valence-corrected chi connectivity index (χ1v) is 6.35. The number of hydrogen-bond donors (Lipinski definition) is 1. The average molecular weight is 297 g/mol. The number of anilines is 1. The van der Waals surface area contributed by atoms with Crippen LogP contribution in [-0.2, 0) is 12.7 Å². The van der Waals surface area contributed by atoms with Crippen LogP contribution in [0.4, 0.5) is 19.0 Å². The molecule has 4 nitrogen and oxygen atoms in total. The van der Waals surface area contributed by atoms with Crippen LogP contribution in [0.15, 0.2) is 36.4 Å². The Balaban J connectivity index is 1.98. The van der Waals surface area contributed by atoms with E-state index in [-0.39, 0.29) is 5.82 Å². The molecule has 0 saturated carbocycles. The van der Waals surface area contributed by atoms with E-state index in [1.54, 1.807) is 0 Å². The van der Waals surface area contributed by atoms with Gasteiger partial charge in [-0.1, -0.05) is 12.1 Å². The number of aromatic nitrogens is 2. The van der Waals surface area contributed by atoms with Crippen molar-refractivity contribution in [3.05, 3.63) is 47.7 Å². The van der Waals surface area contributed by atoms with Crippen LogP contribution in [0, 0.1) is 0 Å². The molecule has 0 atom stereocenters. The summed E-state index contributed by atoms with van der Waals surface area (Å²) in [5, 5.41) is 9.57. The molecule has 1 aromatic heterocycles. The quantitative estimate of drug-likeness (QED) is 0.917. The largest absolute Gasteiger partial charge is 0.494 e. The molecule has 0 bridgehead atoms. The summed E-state index contributed by atoms with van der Waals surface area (Å²) in [6.45, 7) is 2.88. The van der Waals surface area contributed by atoms with Crippen LogP contribution in [0.1, 0.15) is 18.2 Å². The third-order valence-corrected chi connectivity index (χ3v) is 2.64. The zero-order chi connectivity index (χ0) is 15.3. The van der Waals surface area contributed by atoms with Crippen molar-refractivity contribution < 1.29 is 17.9 Å². The summed E-state index contributed by atoms with van der Waals surface area (Å²) in [6.07, 6.45) is -4.47. The minimum absolute atomic E-state index is 0.282. The van der Waals surface area contributed by atoms with Crippen LogP contribution in [0.5, 0.6) is 5.75 Å². The summed E-state index contributed by atoms with van der Waals surface area (Å²) >= 11 is 0. The van der Waals surface area contributed by atoms with Crippen molar-refractivity contribution in [2.75, 3.05) is 11.9 Å². The molecule has 0 saturated heterocycles. The first kappa shape index (κ1) is 15.1. The Morgan fingerprint density at radius 3 is 2.57 bits per heavy atom. The van der Waals surface area contributed by atoms with Gasteiger partial charge in [0.1, 0.15) is 11.6 Å². The third-order valence-electron chi connectivity index (χ3n) is 2.64.